The summed E-state index contributed by atoms with van der Waals surface area (Å²) in [6.07, 6.45) is 1.67. The summed E-state index contributed by atoms with van der Waals surface area (Å²) in [5, 5.41) is 12.8. The maximum Gasteiger partial charge on any atom is 0.279 e. The summed E-state index contributed by atoms with van der Waals surface area (Å²) in [7, 11) is 0. The number of carbonyl (C=O) groups is 1. The van der Waals surface area contributed by atoms with Gasteiger partial charge in [-0.15, -0.1) is 0 Å². The Kier molecular flexibility index (Phi) is 3.09. The monoisotopic (exact) mass is 369 g/mol. The van der Waals surface area contributed by atoms with Crippen LogP contribution in [-0.2, 0) is 11.3 Å². The SMILES string of the molecule is CCn1c(O)c(C2=c3cc(Br)ccc3=NC2=O)c2cccnc21. The Morgan fingerprint density at radius 1 is 1.30 bits per heavy atom. The number of aromatic nitrogens is 2. The number of hydrogen-bond donors (Lipinski definition) is 1. The van der Waals surface area contributed by atoms with Crippen LogP contribution in [0.5, 0.6) is 5.88 Å². The van der Waals surface area contributed by atoms with E-state index in [-0.39, 0.29) is 11.8 Å². The highest BCUT2D eigenvalue weighted by atomic mass is 79.9. The molecule has 2 aromatic heterocycles. The van der Waals surface area contributed by atoms with E-state index in [1.54, 1.807) is 22.9 Å². The van der Waals surface area contributed by atoms with Crippen LogP contribution in [-0.4, -0.2) is 20.6 Å². The van der Waals surface area contributed by atoms with Gasteiger partial charge in [0.2, 0.25) is 5.88 Å². The van der Waals surface area contributed by atoms with Gasteiger partial charge in [0.15, 0.2) is 0 Å². The van der Waals surface area contributed by atoms with Crippen LogP contribution in [0.2, 0.25) is 0 Å². The summed E-state index contributed by atoms with van der Waals surface area (Å²) in [6, 6.07) is 9.14. The van der Waals surface area contributed by atoms with E-state index in [2.05, 4.69) is 25.9 Å². The molecule has 1 aliphatic rings. The number of benzene rings is 1. The molecule has 3 heterocycles. The smallest absolute Gasteiger partial charge is 0.279 e. The van der Waals surface area contributed by atoms with Crippen molar-refractivity contribution < 1.29 is 9.90 Å². The zero-order valence-electron chi connectivity index (χ0n) is 12.2. The van der Waals surface area contributed by atoms with Crippen LogP contribution in [0.4, 0.5) is 0 Å². The molecule has 1 aromatic carbocycles. The summed E-state index contributed by atoms with van der Waals surface area (Å²) in [5.74, 6) is -0.292. The summed E-state index contributed by atoms with van der Waals surface area (Å²) in [6.45, 7) is 2.48. The highest BCUT2D eigenvalue weighted by molar-refractivity contribution is 9.10. The molecule has 0 bridgehead atoms. The van der Waals surface area contributed by atoms with E-state index in [4.69, 9.17) is 0 Å². The van der Waals surface area contributed by atoms with Gasteiger partial charge in [-0.25, -0.2) is 9.98 Å². The molecule has 23 heavy (non-hydrogen) atoms. The van der Waals surface area contributed by atoms with Gasteiger partial charge < -0.3 is 5.11 Å². The van der Waals surface area contributed by atoms with E-state index in [1.165, 1.54) is 0 Å². The van der Waals surface area contributed by atoms with Gasteiger partial charge >= 0.3 is 0 Å². The molecule has 1 N–H and O–H groups in total. The van der Waals surface area contributed by atoms with Crippen molar-refractivity contribution in [3.8, 4) is 5.88 Å². The second-order valence-electron chi connectivity index (χ2n) is 5.27. The number of pyridine rings is 1. The van der Waals surface area contributed by atoms with E-state index in [0.717, 1.165) is 15.1 Å². The van der Waals surface area contributed by atoms with E-state index >= 15 is 0 Å². The molecular weight excluding hydrogens is 358 g/mol. The second-order valence-corrected chi connectivity index (χ2v) is 6.19. The number of amides is 1. The third-order valence-corrected chi connectivity index (χ3v) is 4.51. The Hall–Kier alpha value is -2.47. The lowest BCUT2D eigenvalue weighted by Crippen LogP contribution is -2.23. The number of halogens is 1. The highest BCUT2D eigenvalue weighted by Crippen LogP contribution is 2.35. The van der Waals surface area contributed by atoms with Gasteiger partial charge in [0, 0.05) is 27.8 Å². The lowest BCUT2D eigenvalue weighted by Gasteiger charge is -2.02. The van der Waals surface area contributed by atoms with Crippen LogP contribution in [0, 0.1) is 0 Å². The molecule has 114 valence electrons. The van der Waals surface area contributed by atoms with E-state index in [1.807, 2.05) is 25.1 Å². The molecule has 0 aliphatic carbocycles. The third-order valence-electron chi connectivity index (χ3n) is 4.02. The molecule has 0 saturated carbocycles. The average molecular weight is 370 g/mol. The van der Waals surface area contributed by atoms with Crippen molar-refractivity contribution in [2.45, 2.75) is 13.5 Å². The molecular formula is C17H12BrN3O2. The molecule has 6 heteroatoms. The first-order chi connectivity index (χ1) is 11.1. The van der Waals surface area contributed by atoms with Crippen LogP contribution in [0.3, 0.4) is 0 Å². The van der Waals surface area contributed by atoms with E-state index < -0.39 is 0 Å². The number of nitrogens with zero attached hydrogens (tertiary/aromatic N) is 3. The molecule has 0 spiro atoms. The summed E-state index contributed by atoms with van der Waals surface area (Å²) >= 11 is 3.43. The van der Waals surface area contributed by atoms with Gasteiger partial charge in [-0.1, -0.05) is 15.9 Å². The van der Waals surface area contributed by atoms with Gasteiger partial charge in [0.25, 0.3) is 5.91 Å². The predicted octanol–water partition coefficient (Wildman–Crippen LogP) is 1.88. The Morgan fingerprint density at radius 2 is 2.13 bits per heavy atom. The van der Waals surface area contributed by atoms with Crippen LogP contribution in [0.15, 0.2) is 46.0 Å². The Labute approximate surface area is 139 Å². The Bertz CT molecular complexity index is 1100. The maximum absolute atomic E-state index is 12.5. The van der Waals surface area contributed by atoms with Crippen molar-refractivity contribution in [3.05, 3.63) is 57.1 Å². The minimum absolute atomic E-state index is 0.0487. The molecule has 0 unspecified atom stereocenters. The number of aryl methyl sites for hydroxylation is 1. The van der Waals surface area contributed by atoms with Crippen molar-refractivity contribution in [2.75, 3.05) is 0 Å². The van der Waals surface area contributed by atoms with Crippen molar-refractivity contribution in [2.24, 2.45) is 4.99 Å². The molecule has 0 fully saturated rings. The summed E-state index contributed by atoms with van der Waals surface area (Å²) < 4.78 is 2.55. The highest BCUT2D eigenvalue weighted by Gasteiger charge is 2.27. The van der Waals surface area contributed by atoms with Crippen molar-refractivity contribution in [1.82, 2.24) is 9.55 Å². The van der Waals surface area contributed by atoms with Gasteiger partial charge in [-0.05, 0) is 37.3 Å². The number of rotatable bonds is 2. The molecule has 1 amide bonds. The molecule has 3 aromatic rings. The molecule has 0 atom stereocenters. The molecule has 0 radical (unpaired) electrons. The fourth-order valence-electron chi connectivity index (χ4n) is 3.04. The first-order valence-corrected chi connectivity index (χ1v) is 8.00. The normalized spacial score (nSPS) is 13.5. The summed E-state index contributed by atoms with van der Waals surface area (Å²) in [5.41, 5.74) is 1.58. The zero-order chi connectivity index (χ0) is 16.1. The lowest BCUT2D eigenvalue weighted by molar-refractivity contribution is -0.112. The van der Waals surface area contributed by atoms with Crippen LogP contribution in [0.25, 0.3) is 16.6 Å². The standard InChI is InChI=1S/C17H12BrN3O2/c1-2-21-15-10(4-3-7-19-15)14(17(21)23)13-11-8-9(18)5-6-12(11)20-16(13)22/h3-8,23H,2H2,1H3. The van der Waals surface area contributed by atoms with Crippen molar-refractivity contribution >= 4 is 38.4 Å². The largest absolute Gasteiger partial charge is 0.494 e. The van der Waals surface area contributed by atoms with Crippen molar-refractivity contribution in [1.29, 1.82) is 0 Å². The first kappa shape index (κ1) is 14.1. The second kappa shape index (κ2) is 5.03. The zero-order valence-corrected chi connectivity index (χ0v) is 13.8. The average Bonchev–Trinajstić information content (AvgIpc) is 3.00. The minimum atomic E-state index is -0.340. The third kappa shape index (κ3) is 1.95. The van der Waals surface area contributed by atoms with Crippen molar-refractivity contribution in [3.63, 3.8) is 0 Å². The van der Waals surface area contributed by atoms with E-state index in [9.17, 15) is 9.90 Å². The molecule has 5 nitrogen and oxygen atoms in total. The Balaban J connectivity index is 2.20. The fraction of sp³-hybridized carbons (Fsp3) is 0.118. The van der Waals surface area contributed by atoms with Gasteiger partial charge in [0.05, 0.1) is 16.5 Å². The van der Waals surface area contributed by atoms with Gasteiger partial charge in [-0.2, -0.15) is 0 Å². The van der Waals surface area contributed by atoms with E-state index in [0.29, 0.717) is 28.7 Å². The number of hydrogen-bond acceptors (Lipinski definition) is 3. The van der Waals surface area contributed by atoms with Crippen LogP contribution in [0.1, 0.15) is 12.5 Å². The molecule has 1 aliphatic heterocycles. The number of fused-ring (bicyclic) bond motifs is 2. The first-order valence-electron chi connectivity index (χ1n) is 7.21. The lowest BCUT2D eigenvalue weighted by atomic mass is 10.0. The summed E-state index contributed by atoms with van der Waals surface area (Å²) in [4.78, 5) is 20.9. The van der Waals surface area contributed by atoms with Crippen LogP contribution >= 0.6 is 15.9 Å². The Morgan fingerprint density at radius 3 is 2.91 bits per heavy atom. The topological polar surface area (TPSA) is 67.5 Å². The number of carbonyl (C=O) groups excluding carboxylic acids is 1. The fourth-order valence-corrected chi connectivity index (χ4v) is 3.40. The van der Waals surface area contributed by atoms with Gasteiger partial charge in [0.1, 0.15) is 5.65 Å². The molecule has 0 saturated heterocycles. The predicted molar refractivity (Wildman–Crippen MR) is 89.5 cm³/mol. The van der Waals surface area contributed by atoms with Gasteiger partial charge in [-0.3, -0.25) is 9.36 Å². The maximum atomic E-state index is 12.5. The number of aromatic hydroxyl groups is 1. The quantitative estimate of drug-likeness (QED) is 0.749. The molecule has 4 rings (SSSR count). The van der Waals surface area contributed by atoms with Crippen LogP contribution < -0.4 is 10.6 Å². The minimum Gasteiger partial charge on any atom is -0.494 e.